The third-order valence-corrected chi connectivity index (χ3v) is 4.75. The fourth-order valence-electron chi connectivity index (χ4n) is 3.26. The number of benzene rings is 1. The minimum atomic E-state index is -0.423. The van der Waals surface area contributed by atoms with Gasteiger partial charge in [-0.05, 0) is 38.0 Å². The van der Waals surface area contributed by atoms with Crippen LogP contribution in [0, 0.1) is 11.7 Å². The molecular weight excluding hydrogens is 325 g/mol. The maximum Gasteiger partial charge on any atom is 0.229 e. The fraction of sp³-hybridized carbons (Fsp3) is 0.556. The van der Waals surface area contributed by atoms with Gasteiger partial charge in [0.15, 0.2) is 0 Å². The molecule has 0 spiro atoms. The molecule has 2 aliphatic heterocycles. The van der Waals surface area contributed by atoms with Gasteiger partial charge in [0.25, 0.3) is 0 Å². The van der Waals surface area contributed by atoms with Crippen LogP contribution in [0.4, 0.5) is 15.8 Å². The van der Waals surface area contributed by atoms with E-state index in [-0.39, 0.29) is 30.3 Å². The third kappa shape index (κ3) is 4.28. The molecule has 6 nitrogen and oxygen atoms in total. The Balaban J connectivity index is 1.55. The van der Waals surface area contributed by atoms with Crippen molar-refractivity contribution in [2.45, 2.75) is 32.3 Å². The highest BCUT2D eigenvalue weighted by atomic mass is 19.1. The van der Waals surface area contributed by atoms with E-state index in [9.17, 15) is 14.0 Å². The molecule has 2 N–H and O–H groups in total. The van der Waals surface area contributed by atoms with Gasteiger partial charge in [0.2, 0.25) is 11.8 Å². The van der Waals surface area contributed by atoms with E-state index in [0.717, 1.165) is 19.4 Å². The molecule has 1 aromatic carbocycles. The number of ether oxygens (including phenoxy) is 1. The Labute approximate surface area is 146 Å². The molecule has 3 rings (SSSR count). The predicted molar refractivity (Wildman–Crippen MR) is 92.9 cm³/mol. The zero-order valence-electron chi connectivity index (χ0n) is 14.4. The maximum atomic E-state index is 14.2. The monoisotopic (exact) mass is 349 g/mol. The van der Waals surface area contributed by atoms with Crippen molar-refractivity contribution in [1.82, 2.24) is 4.90 Å². The van der Waals surface area contributed by atoms with Crippen LogP contribution in [-0.2, 0) is 14.3 Å². The summed E-state index contributed by atoms with van der Waals surface area (Å²) in [6, 6.07) is 4.56. The second kappa shape index (κ2) is 7.82. The first-order valence-corrected chi connectivity index (χ1v) is 8.80. The number of carbonyl (C=O) groups excluding carboxylic acids is 2. The molecule has 2 amide bonds. The highest BCUT2D eigenvalue weighted by molar-refractivity contribution is 5.97. The van der Waals surface area contributed by atoms with E-state index in [1.807, 2.05) is 6.92 Å². The Morgan fingerprint density at radius 3 is 2.92 bits per heavy atom. The molecule has 25 heavy (non-hydrogen) atoms. The van der Waals surface area contributed by atoms with Crippen LogP contribution in [-0.4, -0.2) is 49.1 Å². The SMILES string of the molecule is CCN1CC(C(=O)Nc2ccc(NCC3CCCO3)c(F)c2)CC1=O. The average molecular weight is 349 g/mol. The van der Waals surface area contributed by atoms with Crippen molar-refractivity contribution in [3.8, 4) is 0 Å². The summed E-state index contributed by atoms with van der Waals surface area (Å²) in [5.41, 5.74) is 0.786. The van der Waals surface area contributed by atoms with Crippen LogP contribution in [0.3, 0.4) is 0 Å². The van der Waals surface area contributed by atoms with Crippen molar-refractivity contribution >= 4 is 23.2 Å². The zero-order valence-corrected chi connectivity index (χ0v) is 14.4. The fourth-order valence-corrected chi connectivity index (χ4v) is 3.26. The van der Waals surface area contributed by atoms with Gasteiger partial charge in [-0.2, -0.15) is 0 Å². The van der Waals surface area contributed by atoms with Crippen molar-refractivity contribution in [2.24, 2.45) is 5.92 Å². The van der Waals surface area contributed by atoms with Gasteiger partial charge in [-0.15, -0.1) is 0 Å². The summed E-state index contributed by atoms with van der Waals surface area (Å²) in [5, 5.41) is 5.75. The number of rotatable bonds is 6. The van der Waals surface area contributed by atoms with Crippen LogP contribution in [0.2, 0.25) is 0 Å². The summed E-state index contributed by atoms with van der Waals surface area (Å²) in [6.07, 6.45) is 2.36. The van der Waals surface area contributed by atoms with E-state index in [2.05, 4.69) is 10.6 Å². The molecule has 0 radical (unpaired) electrons. The van der Waals surface area contributed by atoms with E-state index in [0.29, 0.717) is 31.0 Å². The van der Waals surface area contributed by atoms with Crippen LogP contribution < -0.4 is 10.6 Å². The topological polar surface area (TPSA) is 70.7 Å². The Morgan fingerprint density at radius 2 is 2.28 bits per heavy atom. The van der Waals surface area contributed by atoms with Gasteiger partial charge in [0.05, 0.1) is 17.7 Å². The molecule has 2 heterocycles. The van der Waals surface area contributed by atoms with E-state index < -0.39 is 5.82 Å². The van der Waals surface area contributed by atoms with E-state index in [4.69, 9.17) is 4.74 Å². The molecule has 2 fully saturated rings. The van der Waals surface area contributed by atoms with E-state index in [1.54, 1.807) is 17.0 Å². The van der Waals surface area contributed by atoms with Crippen molar-refractivity contribution < 1.29 is 18.7 Å². The molecule has 2 aliphatic rings. The molecule has 1 aromatic rings. The highest BCUT2D eigenvalue weighted by Gasteiger charge is 2.33. The van der Waals surface area contributed by atoms with Crippen LogP contribution in [0.25, 0.3) is 0 Å². The molecular formula is C18H24FN3O3. The highest BCUT2D eigenvalue weighted by Crippen LogP contribution is 2.23. The summed E-state index contributed by atoms with van der Waals surface area (Å²) in [4.78, 5) is 25.6. The molecule has 7 heteroatoms. The normalized spacial score (nSPS) is 23.1. The minimum Gasteiger partial charge on any atom is -0.380 e. The standard InChI is InChI=1S/C18H24FN3O3/c1-2-22-11-12(8-17(22)23)18(24)21-13-5-6-16(15(19)9-13)20-10-14-4-3-7-25-14/h5-6,9,12,14,20H,2-4,7-8,10-11H2,1H3,(H,21,24). The Morgan fingerprint density at radius 1 is 1.44 bits per heavy atom. The average Bonchev–Trinajstić information content (AvgIpc) is 3.23. The molecule has 2 atom stereocenters. The van der Waals surface area contributed by atoms with Crippen LogP contribution in [0.5, 0.6) is 0 Å². The summed E-state index contributed by atoms with van der Waals surface area (Å²) >= 11 is 0. The lowest BCUT2D eigenvalue weighted by Gasteiger charge is -2.15. The molecule has 136 valence electrons. The van der Waals surface area contributed by atoms with E-state index in [1.165, 1.54) is 6.07 Å². The molecule has 0 bridgehead atoms. The second-order valence-electron chi connectivity index (χ2n) is 6.53. The quantitative estimate of drug-likeness (QED) is 0.826. The Bertz CT molecular complexity index is 646. The Kier molecular flexibility index (Phi) is 5.53. The van der Waals surface area contributed by atoms with Gasteiger partial charge in [0, 0.05) is 38.3 Å². The summed E-state index contributed by atoms with van der Waals surface area (Å²) in [5.74, 6) is -1.06. The van der Waals surface area contributed by atoms with Crippen molar-refractivity contribution in [3.05, 3.63) is 24.0 Å². The van der Waals surface area contributed by atoms with Gasteiger partial charge in [-0.3, -0.25) is 9.59 Å². The van der Waals surface area contributed by atoms with Crippen molar-refractivity contribution in [2.75, 3.05) is 36.9 Å². The number of amides is 2. The first-order chi connectivity index (χ1) is 12.1. The number of likely N-dealkylation sites (tertiary alicyclic amines) is 1. The number of hydrogen-bond acceptors (Lipinski definition) is 4. The number of nitrogens with one attached hydrogen (secondary N) is 2. The van der Waals surface area contributed by atoms with E-state index >= 15 is 0 Å². The molecule has 2 saturated heterocycles. The lowest BCUT2D eigenvalue weighted by Crippen LogP contribution is -2.28. The van der Waals surface area contributed by atoms with Gasteiger partial charge in [-0.25, -0.2) is 4.39 Å². The molecule has 2 unspecified atom stereocenters. The number of anilines is 2. The molecule has 0 aliphatic carbocycles. The van der Waals surface area contributed by atoms with Crippen molar-refractivity contribution in [1.29, 1.82) is 0 Å². The Hall–Kier alpha value is -2.15. The first kappa shape index (κ1) is 17.7. The summed E-state index contributed by atoms with van der Waals surface area (Å²) < 4.78 is 19.7. The second-order valence-corrected chi connectivity index (χ2v) is 6.53. The zero-order chi connectivity index (χ0) is 17.8. The number of hydrogen-bond donors (Lipinski definition) is 2. The predicted octanol–water partition coefficient (Wildman–Crippen LogP) is 2.22. The van der Waals surface area contributed by atoms with Gasteiger partial charge < -0.3 is 20.3 Å². The molecule has 0 saturated carbocycles. The third-order valence-electron chi connectivity index (χ3n) is 4.75. The lowest BCUT2D eigenvalue weighted by molar-refractivity contribution is -0.128. The largest absolute Gasteiger partial charge is 0.380 e. The van der Waals surface area contributed by atoms with Crippen LogP contribution >= 0.6 is 0 Å². The summed E-state index contributed by atoms with van der Waals surface area (Å²) in [6.45, 7) is 4.24. The van der Waals surface area contributed by atoms with Crippen LogP contribution in [0.1, 0.15) is 26.2 Å². The summed E-state index contributed by atoms with van der Waals surface area (Å²) in [7, 11) is 0. The van der Waals surface area contributed by atoms with Gasteiger partial charge in [-0.1, -0.05) is 0 Å². The number of halogens is 1. The maximum absolute atomic E-state index is 14.2. The minimum absolute atomic E-state index is 0.0116. The lowest BCUT2D eigenvalue weighted by atomic mass is 10.1. The van der Waals surface area contributed by atoms with Crippen molar-refractivity contribution in [3.63, 3.8) is 0 Å². The van der Waals surface area contributed by atoms with Gasteiger partial charge >= 0.3 is 0 Å². The first-order valence-electron chi connectivity index (χ1n) is 8.80. The van der Waals surface area contributed by atoms with Crippen LogP contribution in [0.15, 0.2) is 18.2 Å². The number of carbonyl (C=O) groups is 2. The van der Waals surface area contributed by atoms with Gasteiger partial charge in [0.1, 0.15) is 5.82 Å². The smallest absolute Gasteiger partial charge is 0.229 e. The number of nitrogens with zero attached hydrogens (tertiary/aromatic N) is 1. The molecule has 0 aromatic heterocycles.